The number of carbonyl (C=O) groups is 1. The topological polar surface area (TPSA) is 79.9 Å². The number of H-pyrrole nitrogens is 1. The van der Waals surface area contributed by atoms with E-state index in [1.54, 1.807) is 12.5 Å². The fourth-order valence-electron chi connectivity index (χ4n) is 1.93. The third kappa shape index (κ3) is 4.08. The van der Waals surface area contributed by atoms with Gasteiger partial charge in [0.2, 0.25) is 0 Å². The summed E-state index contributed by atoms with van der Waals surface area (Å²) in [5.41, 5.74) is 3.17. The zero-order valence-electron chi connectivity index (χ0n) is 12.2. The van der Waals surface area contributed by atoms with Gasteiger partial charge in [0, 0.05) is 11.8 Å². The van der Waals surface area contributed by atoms with E-state index in [4.69, 9.17) is 4.74 Å². The number of carbonyl (C=O) groups excluding carboxylic acids is 1. The van der Waals surface area contributed by atoms with Crippen LogP contribution in [0.1, 0.15) is 11.1 Å². The van der Waals surface area contributed by atoms with Crippen LogP contribution in [-0.4, -0.2) is 27.6 Å². The molecule has 2 N–H and O–H groups in total. The van der Waals surface area contributed by atoms with Crippen LogP contribution in [-0.2, 0) is 11.3 Å². The summed E-state index contributed by atoms with van der Waals surface area (Å²) in [6.45, 7) is 0.440. The van der Waals surface area contributed by atoms with Gasteiger partial charge >= 0.3 is 6.09 Å². The van der Waals surface area contributed by atoms with Crippen molar-refractivity contribution in [2.24, 2.45) is 0 Å². The number of benzene rings is 1. The minimum atomic E-state index is -0.495. The maximum absolute atomic E-state index is 11.5. The lowest BCUT2D eigenvalue weighted by molar-refractivity contribution is 0.141. The molecule has 3 aromatic rings. The average molecular weight is 306 g/mol. The Bertz CT molecular complexity index is 862. The van der Waals surface area contributed by atoms with Crippen LogP contribution in [0.2, 0.25) is 0 Å². The molecule has 0 unspecified atom stereocenters. The number of hydrogen-bond donors (Lipinski definition) is 2. The maximum Gasteiger partial charge on any atom is 0.408 e. The molecule has 2 aromatic heterocycles. The first kappa shape index (κ1) is 14.6. The molecule has 1 amide bonds. The van der Waals surface area contributed by atoms with Crippen LogP contribution in [0.25, 0.3) is 11.2 Å². The minimum absolute atomic E-state index is 0.203. The number of ether oxygens (including phenoxy) is 1. The summed E-state index contributed by atoms with van der Waals surface area (Å²) in [7, 11) is 0. The maximum atomic E-state index is 11.5. The number of fused-ring (bicyclic) bond motifs is 1. The van der Waals surface area contributed by atoms with Crippen LogP contribution >= 0.6 is 0 Å². The summed E-state index contributed by atoms with van der Waals surface area (Å²) in [6.07, 6.45) is 2.73. The Labute approximate surface area is 132 Å². The van der Waals surface area contributed by atoms with Gasteiger partial charge in [-0.1, -0.05) is 42.2 Å². The van der Waals surface area contributed by atoms with E-state index in [-0.39, 0.29) is 13.2 Å². The molecule has 0 fully saturated rings. The van der Waals surface area contributed by atoms with E-state index >= 15 is 0 Å². The third-order valence-electron chi connectivity index (χ3n) is 3.04. The SMILES string of the molecule is O=C(NCC#Cc1cnc2nc[nH]c2c1)OCc1ccccc1. The van der Waals surface area contributed by atoms with E-state index in [2.05, 4.69) is 32.1 Å². The number of aromatic amines is 1. The van der Waals surface area contributed by atoms with Crippen molar-refractivity contribution < 1.29 is 9.53 Å². The zero-order valence-corrected chi connectivity index (χ0v) is 12.2. The van der Waals surface area contributed by atoms with Crippen molar-refractivity contribution in [3.05, 3.63) is 60.0 Å². The van der Waals surface area contributed by atoms with Gasteiger partial charge in [-0.2, -0.15) is 0 Å². The van der Waals surface area contributed by atoms with E-state index in [1.165, 1.54) is 0 Å². The van der Waals surface area contributed by atoms with Crippen LogP contribution in [0.5, 0.6) is 0 Å². The Morgan fingerprint density at radius 3 is 3.00 bits per heavy atom. The predicted octanol–water partition coefficient (Wildman–Crippen LogP) is 2.24. The Hall–Kier alpha value is -3.33. The van der Waals surface area contributed by atoms with Crippen LogP contribution in [0.3, 0.4) is 0 Å². The van der Waals surface area contributed by atoms with Crippen molar-refractivity contribution in [1.29, 1.82) is 0 Å². The molecule has 0 saturated heterocycles. The quantitative estimate of drug-likeness (QED) is 0.727. The highest BCUT2D eigenvalue weighted by atomic mass is 16.5. The molecule has 0 radical (unpaired) electrons. The largest absolute Gasteiger partial charge is 0.445 e. The van der Waals surface area contributed by atoms with E-state index in [9.17, 15) is 4.79 Å². The molecule has 0 bridgehead atoms. The fourth-order valence-corrected chi connectivity index (χ4v) is 1.93. The number of amides is 1. The second-order valence-electron chi connectivity index (χ2n) is 4.71. The number of rotatable bonds is 3. The summed E-state index contributed by atoms with van der Waals surface area (Å²) in [4.78, 5) is 22.7. The van der Waals surface area contributed by atoms with Crippen molar-refractivity contribution in [3.8, 4) is 11.8 Å². The van der Waals surface area contributed by atoms with Gasteiger partial charge in [0.15, 0.2) is 5.65 Å². The van der Waals surface area contributed by atoms with E-state index in [0.29, 0.717) is 5.65 Å². The highest BCUT2D eigenvalue weighted by Gasteiger charge is 2.00. The van der Waals surface area contributed by atoms with E-state index in [0.717, 1.165) is 16.6 Å². The number of pyridine rings is 1. The van der Waals surface area contributed by atoms with Gasteiger partial charge in [-0.3, -0.25) is 0 Å². The van der Waals surface area contributed by atoms with E-state index < -0.39 is 6.09 Å². The summed E-state index contributed by atoms with van der Waals surface area (Å²) in [6, 6.07) is 11.3. The molecule has 0 saturated carbocycles. The molecule has 1 aromatic carbocycles. The first-order chi connectivity index (χ1) is 11.3. The van der Waals surface area contributed by atoms with Gasteiger partial charge in [-0.05, 0) is 11.6 Å². The van der Waals surface area contributed by atoms with Gasteiger partial charge in [0.25, 0.3) is 0 Å². The van der Waals surface area contributed by atoms with Gasteiger partial charge in [-0.25, -0.2) is 14.8 Å². The molecule has 6 heteroatoms. The van der Waals surface area contributed by atoms with E-state index in [1.807, 2.05) is 36.4 Å². The van der Waals surface area contributed by atoms with Crippen LogP contribution in [0.15, 0.2) is 48.9 Å². The monoisotopic (exact) mass is 306 g/mol. The highest BCUT2D eigenvalue weighted by Crippen LogP contribution is 2.06. The van der Waals surface area contributed by atoms with Crippen molar-refractivity contribution in [1.82, 2.24) is 20.3 Å². The van der Waals surface area contributed by atoms with Gasteiger partial charge in [0.05, 0.1) is 18.4 Å². The lowest BCUT2D eigenvalue weighted by atomic mass is 10.2. The Kier molecular flexibility index (Phi) is 4.50. The van der Waals surface area contributed by atoms with Crippen LogP contribution in [0, 0.1) is 11.8 Å². The van der Waals surface area contributed by atoms with Crippen molar-refractivity contribution in [3.63, 3.8) is 0 Å². The molecule has 6 nitrogen and oxygen atoms in total. The Morgan fingerprint density at radius 2 is 2.13 bits per heavy atom. The second-order valence-corrected chi connectivity index (χ2v) is 4.71. The van der Waals surface area contributed by atoms with Gasteiger partial charge in [0.1, 0.15) is 6.61 Å². The lowest BCUT2D eigenvalue weighted by Gasteiger charge is -2.04. The number of nitrogens with zero attached hydrogens (tertiary/aromatic N) is 2. The first-order valence-electron chi connectivity index (χ1n) is 7.04. The molecule has 2 heterocycles. The third-order valence-corrected chi connectivity index (χ3v) is 3.04. The molecule has 0 aliphatic heterocycles. The molecular formula is C17H14N4O2. The van der Waals surface area contributed by atoms with Gasteiger partial charge in [-0.15, -0.1) is 0 Å². The smallest absolute Gasteiger partial charge is 0.408 e. The van der Waals surface area contributed by atoms with Crippen LogP contribution < -0.4 is 5.32 Å². The summed E-state index contributed by atoms with van der Waals surface area (Å²) < 4.78 is 5.08. The number of hydrogen-bond acceptors (Lipinski definition) is 4. The highest BCUT2D eigenvalue weighted by molar-refractivity contribution is 5.71. The van der Waals surface area contributed by atoms with Gasteiger partial charge < -0.3 is 15.0 Å². The number of alkyl carbamates (subject to hydrolysis) is 1. The number of nitrogens with one attached hydrogen (secondary N) is 2. The molecular weight excluding hydrogens is 292 g/mol. The Balaban J connectivity index is 1.46. The predicted molar refractivity (Wildman–Crippen MR) is 85.4 cm³/mol. The van der Waals surface area contributed by atoms with Crippen molar-refractivity contribution >= 4 is 17.3 Å². The molecule has 0 aliphatic carbocycles. The van der Waals surface area contributed by atoms with Crippen LogP contribution in [0.4, 0.5) is 4.79 Å². The Morgan fingerprint density at radius 1 is 1.26 bits per heavy atom. The standard InChI is InChI=1S/C17H14N4O2/c22-17(23-11-13-5-2-1-3-6-13)18-8-4-7-14-9-15-16(19-10-14)21-12-20-15/h1-3,5-6,9-10,12H,8,11H2,(H,18,22)(H,19,20,21). The lowest BCUT2D eigenvalue weighted by Crippen LogP contribution is -2.24. The molecule has 0 spiro atoms. The molecule has 0 atom stereocenters. The zero-order chi connectivity index (χ0) is 15.9. The molecule has 114 valence electrons. The first-order valence-corrected chi connectivity index (χ1v) is 7.04. The summed E-state index contributed by atoms with van der Waals surface area (Å²) in [5, 5.41) is 2.58. The molecule has 3 rings (SSSR count). The van der Waals surface area contributed by atoms with Crippen molar-refractivity contribution in [2.75, 3.05) is 6.54 Å². The number of aromatic nitrogens is 3. The fraction of sp³-hybridized carbons (Fsp3) is 0.118. The molecule has 0 aliphatic rings. The summed E-state index contributed by atoms with van der Waals surface area (Å²) >= 11 is 0. The second kappa shape index (κ2) is 7.09. The van der Waals surface area contributed by atoms with Crippen molar-refractivity contribution in [2.45, 2.75) is 6.61 Å². The summed E-state index contributed by atoms with van der Waals surface area (Å²) in [5.74, 6) is 5.78. The minimum Gasteiger partial charge on any atom is -0.445 e. The average Bonchev–Trinajstić information content (AvgIpc) is 3.05. The molecule has 23 heavy (non-hydrogen) atoms. The number of imidazole rings is 1. The normalized spacial score (nSPS) is 9.91.